The van der Waals surface area contributed by atoms with Gasteiger partial charge >= 0.3 is 0 Å². The lowest BCUT2D eigenvalue weighted by atomic mass is 9.95. The molecule has 38 heavy (non-hydrogen) atoms. The van der Waals surface area contributed by atoms with E-state index in [4.69, 9.17) is 11.6 Å². The van der Waals surface area contributed by atoms with Gasteiger partial charge in [-0.25, -0.2) is 13.8 Å². The SMILES string of the molecule is CC[C@H](C)[C@H](NC(=O)C1(F)CC1)C(=O)N1C[C@H]2[C@@H]([C@H]1C(=O)NN(C[C@@H]1CCNC1=O)C(=O)[C@H](F)Cl)C2(C)C. The van der Waals surface area contributed by atoms with E-state index in [9.17, 15) is 32.8 Å². The van der Waals surface area contributed by atoms with E-state index in [0.29, 0.717) is 19.4 Å². The van der Waals surface area contributed by atoms with Crippen molar-refractivity contribution in [3.63, 3.8) is 0 Å². The first-order valence-electron chi connectivity index (χ1n) is 13.2. The molecule has 0 bridgehead atoms. The van der Waals surface area contributed by atoms with Gasteiger partial charge in [-0.05, 0) is 42.4 Å². The molecule has 4 fully saturated rings. The van der Waals surface area contributed by atoms with Crippen LogP contribution in [0.4, 0.5) is 8.78 Å². The van der Waals surface area contributed by atoms with E-state index in [1.807, 2.05) is 20.8 Å². The molecule has 212 valence electrons. The highest BCUT2D eigenvalue weighted by Gasteiger charge is 2.70. The fraction of sp³-hybridized carbons (Fsp3) is 0.800. The number of amides is 5. The van der Waals surface area contributed by atoms with E-state index in [0.717, 1.165) is 5.01 Å². The lowest BCUT2D eigenvalue weighted by Crippen LogP contribution is -2.61. The van der Waals surface area contributed by atoms with Gasteiger partial charge in [-0.1, -0.05) is 45.7 Å². The lowest BCUT2D eigenvalue weighted by Gasteiger charge is -2.36. The van der Waals surface area contributed by atoms with E-state index < -0.39 is 52.9 Å². The molecule has 2 aliphatic carbocycles. The van der Waals surface area contributed by atoms with Crippen LogP contribution in [0.2, 0.25) is 0 Å². The van der Waals surface area contributed by atoms with Crippen LogP contribution in [0.1, 0.15) is 53.4 Å². The summed E-state index contributed by atoms with van der Waals surface area (Å²) in [5.74, 6) is -4.80. The van der Waals surface area contributed by atoms with Gasteiger partial charge in [-0.2, -0.15) is 0 Å². The second kappa shape index (κ2) is 10.2. The average Bonchev–Trinajstić information content (AvgIpc) is 3.54. The number of carbonyl (C=O) groups is 5. The highest BCUT2D eigenvalue weighted by molar-refractivity contribution is 6.29. The number of hydrogen-bond acceptors (Lipinski definition) is 5. The molecule has 5 amide bonds. The van der Waals surface area contributed by atoms with Crippen molar-refractivity contribution >= 4 is 41.1 Å². The molecule has 0 unspecified atom stereocenters. The number of alkyl halides is 3. The van der Waals surface area contributed by atoms with Crippen LogP contribution in [0.25, 0.3) is 0 Å². The molecule has 2 saturated heterocycles. The minimum Gasteiger partial charge on any atom is -0.356 e. The maximum Gasteiger partial charge on any atom is 0.291 e. The summed E-state index contributed by atoms with van der Waals surface area (Å²) in [5, 5.41) is 5.91. The second-order valence-corrected chi connectivity index (χ2v) is 12.1. The number of hydrogen-bond donors (Lipinski definition) is 3. The molecular formula is C25H36ClF2N5O5. The number of nitrogens with one attached hydrogen (secondary N) is 3. The number of likely N-dealkylation sites (tertiary alicyclic amines) is 1. The van der Waals surface area contributed by atoms with Crippen molar-refractivity contribution in [1.82, 2.24) is 26.0 Å². The maximum absolute atomic E-state index is 14.4. The van der Waals surface area contributed by atoms with E-state index in [1.165, 1.54) is 4.90 Å². The van der Waals surface area contributed by atoms with Crippen molar-refractivity contribution in [3.8, 4) is 0 Å². The summed E-state index contributed by atoms with van der Waals surface area (Å²) in [6.45, 7) is 7.93. The van der Waals surface area contributed by atoms with Gasteiger partial charge in [0.1, 0.15) is 12.1 Å². The molecule has 10 nitrogen and oxygen atoms in total. The molecule has 3 N–H and O–H groups in total. The van der Waals surface area contributed by atoms with E-state index in [-0.39, 0.29) is 55.0 Å². The number of piperidine rings is 1. The summed E-state index contributed by atoms with van der Waals surface area (Å²) in [6.07, 6.45) is 1.13. The van der Waals surface area contributed by atoms with Crippen LogP contribution in [0.5, 0.6) is 0 Å². The van der Waals surface area contributed by atoms with E-state index in [1.54, 1.807) is 6.92 Å². The molecule has 0 radical (unpaired) electrons. The smallest absolute Gasteiger partial charge is 0.291 e. The zero-order valence-electron chi connectivity index (χ0n) is 22.1. The lowest BCUT2D eigenvalue weighted by molar-refractivity contribution is -0.151. The Balaban J connectivity index is 1.55. The number of nitrogens with zero attached hydrogens (tertiary/aromatic N) is 2. The molecule has 0 aromatic heterocycles. The Kier molecular flexibility index (Phi) is 7.68. The van der Waals surface area contributed by atoms with Crippen LogP contribution >= 0.6 is 11.6 Å². The highest BCUT2D eigenvalue weighted by Crippen LogP contribution is 2.65. The molecule has 0 aromatic carbocycles. The maximum atomic E-state index is 14.4. The highest BCUT2D eigenvalue weighted by atomic mass is 35.5. The minimum absolute atomic E-state index is 0.00172. The zero-order valence-corrected chi connectivity index (χ0v) is 22.8. The minimum atomic E-state index is -2.44. The summed E-state index contributed by atoms with van der Waals surface area (Å²) >= 11 is 5.39. The summed E-state index contributed by atoms with van der Waals surface area (Å²) < 4.78 is 28.2. The van der Waals surface area contributed by atoms with Gasteiger partial charge in [0.2, 0.25) is 11.8 Å². The Hall–Kier alpha value is -2.50. The first kappa shape index (κ1) is 28.5. The molecule has 4 rings (SSSR count). The number of rotatable bonds is 9. The summed E-state index contributed by atoms with van der Waals surface area (Å²) in [7, 11) is 0. The van der Waals surface area contributed by atoms with Crippen molar-refractivity contribution < 1.29 is 32.8 Å². The Morgan fingerprint density at radius 1 is 1.26 bits per heavy atom. The van der Waals surface area contributed by atoms with Gasteiger partial charge < -0.3 is 15.5 Å². The third kappa shape index (κ3) is 5.20. The Morgan fingerprint density at radius 2 is 1.92 bits per heavy atom. The monoisotopic (exact) mass is 559 g/mol. The molecule has 13 heteroatoms. The first-order chi connectivity index (χ1) is 17.7. The number of fused-ring (bicyclic) bond motifs is 1. The third-order valence-electron chi connectivity index (χ3n) is 8.89. The Bertz CT molecular complexity index is 1020. The summed E-state index contributed by atoms with van der Waals surface area (Å²) in [6, 6.07) is -2.04. The number of hydrazine groups is 1. The molecule has 0 aromatic rings. The second-order valence-electron chi connectivity index (χ2n) is 11.7. The van der Waals surface area contributed by atoms with Crippen molar-refractivity contribution in [1.29, 1.82) is 0 Å². The van der Waals surface area contributed by atoms with Gasteiger partial charge in [-0.15, -0.1) is 0 Å². The number of carbonyl (C=O) groups excluding carboxylic acids is 5. The topological polar surface area (TPSA) is 128 Å². The predicted molar refractivity (Wildman–Crippen MR) is 132 cm³/mol. The van der Waals surface area contributed by atoms with Crippen LogP contribution in [0, 0.1) is 29.1 Å². The fourth-order valence-corrected chi connectivity index (χ4v) is 5.95. The van der Waals surface area contributed by atoms with Crippen LogP contribution < -0.4 is 16.1 Å². The van der Waals surface area contributed by atoms with Crippen molar-refractivity contribution in [2.24, 2.45) is 29.1 Å². The molecule has 4 aliphatic rings. The predicted octanol–water partition coefficient (Wildman–Crippen LogP) is 1.03. The molecule has 2 saturated carbocycles. The molecule has 7 atom stereocenters. The van der Waals surface area contributed by atoms with Crippen molar-refractivity contribution in [2.75, 3.05) is 19.6 Å². The Morgan fingerprint density at radius 3 is 2.45 bits per heavy atom. The normalized spacial score (nSPS) is 30.4. The van der Waals surface area contributed by atoms with Crippen LogP contribution in [-0.2, 0) is 24.0 Å². The zero-order chi connectivity index (χ0) is 28.2. The average molecular weight is 560 g/mol. The van der Waals surface area contributed by atoms with Crippen LogP contribution in [-0.4, -0.2) is 82.5 Å². The Labute approximate surface area is 225 Å². The first-order valence-corrected chi connectivity index (χ1v) is 13.6. The van der Waals surface area contributed by atoms with E-state index >= 15 is 0 Å². The van der Waals surface area contributed by atoms with Gasteiger partial charge in [0, 0.05) is 13.1 Å². The summed E-state index contributed by atoms with van der Waals surface area (Å²) in [5.41, 5.74) is -2.24. The molecule has 2 heterocycles. The largest absolute Gasteiger partial charge is 0.356 e. The van der Waals surface area contributed by atoms with Crippen molar-refractivity contribution in [2.45, 2.75) is 76.8 Å². The molecule has 2 aliphatic heterocycles. The summed E-state index contributed by atoms with van der Waals surface area (Å²) in [4.78, 5) is 65.8. The number of halogens is 3. The van der Waals surface area contributed by atoms with Gasteiger partial charge in [0.05, 0.1) is 12.5 Å². The fourth-order valence-electron chi connectivity index (χ4n) is 5.83. The molecular weight excluding hydrogens is 524 g/mol. The molecule has 0 spiro atoms. The van der Waals surface area contributed by atoms with Crippen LogP contribution in [0.3, 0.4) is 0 Å². The quantitative estimate of drug-likeness (QED) is 0.287. The van der Waals surface area contributed by atoms with Gasteiger partial charge in [0.15, 0.2) is 5.67 Å². The van der Waals surface area contributed by atoms with Gasteiger partial charge in [0.25, 0.3) is 23.4 Å². The van der Waals surface area contributed by atoms with Gasteiger partial charge in [-0.3, -0.25) is 29.4 Å². The third-order valence-corrected chi connectivity index (χ3v) is 9.07. The standard InChI is InChI=1S/C25H36ClF2N5O5/c1-5-12(2)16(30-23(38)25(28)7-8-25)21(36)32-11-14-15(24(14,3)4)17(32)20(35)31-33(22(37)18(26)27)10-13-6-9-29-19(13)34/h12-18H,5-11H2,1-4H3,(H,29,34)(H,30,38)(H,31,35)/t12-,13-,14-,15-,16-,17-,18-/m0/s1. The van der Waals surface area contributed by atoms with Crippen molar-refractivity contribution in [3.05, 3.63) is 0 Å². The van der Waals surface area contributed by atoms with Crippen LogP contribution in [0.15, 0.2) is 0 Å². The van der Waals surface area contributed by atoms with E-state index in [2.05, 4.69) is 16.1 Å².